The minimum atomic E-state index is -3.40. The maximum Gasteiger partial charge on any atom is 0.352 e. The third kappa shape index (κ3) is 6.58. The van der Waals surface area contributed by atoms with E-state index in [0.717, 1.165) is 4.57 Å². The fraction of sp³-hybridized carbons (Fsp3) is 0.765. The molecule has 0 spiro atoms. The lowest BCUT2D eigenvalue weighted by molar-refractivity contribution is -0.149. The number of aromatic nitrogens is 3. The van der Waals surface area contributed by atoms with Gasteiger partial charge in [0, 0.05) is 19.0 Å². The van der Waals surface area contributed by atoms with Crippen molar-refractivity contribution in [2.45, 2.75) is 64.0 Å². The van der Waals surface area contributed by atoms with Crippen LogP contribution in [0.25, 0.3) is 0 Å². The lowest BCUT2D eigenvalue weighted by Gasteiger charge is -2.37. The molecule has 1 fully saturated rings. The molecule has 1 aromatic rings. The van der Waals surface area contributed by atoms with Crippen LogP contribution in [0.15, 0.2) is 11.1 Å². The van der Waals surface area contributed by atoms with Crippen molar-refractivity contribution in [1.29, 1.82) is 0 Å². The molecule has 1 aliphatic rings. The van der Waals surface area contributed by atoms with E-state index in [0.29, 0.717) is 0 Å². The number of aliphatic hydroxyl groups is 2. The topological polar surface area (TPSA) is 179 Å². The molecular formula is C17H30N5O7P. The molecule has 0 aromatic carbocycles. The number of ether oxygens (including phenoxy) is 1. The third-order valence-electron chi connectivity index (χ3n) is 4.79. The van der Waals surface area contributed by atoms with Crippen LogP contribution in [-0.2, 0) is 18.6 Å². The number of carbonyl (C=O) groups is 1. The van der Waals surface area contributed by atoms with Gasteiger partial charge in [0.2, 0.25) is 5.95 Å². The van der Waals surface area contributed by atoms with E-state index in [1.807, 2.05) is 0 Å². The van der Waals surface area contributed by atoms with E-state index in [2.05, 4.69) is 15.1 Å². The molecule has 13 heteroatoms. The summed E-state index contributed by atoms with van der Waals surface area (Å²) < 4.78 is 24.4. The monoisotopic (exact) mass is 447 g/mol. The highest BCUT2D eigenvalue weighted by atomic mass is 31.2. The van der Waals surface area contributed by atoms with Gasteiger partial charge in [0.15, 0.2) is 0 Å². The second-order valence-electron chi connectivity index (χ2n) is 7.82. The average molecular weight is 447 g/mol. The molecule has 1 saturated carbocycles. The van der Waals surface area contributed by atoms with Crippen LogP contribution >= 0.6 is 7.52 Å². The van der Waals surface area contributed by atoms with Crippen molar-refractivity contribution in [3.05, 3.63) is 16.8 Å². The first-order chi connectivity index (χ1) is 13.9. The molecule has 2 unspecified atom stereocenters. The molecule has 0 amide bonds. The number of rotatable bonds is 8. The van der Waals surface area contributed by atoms with Crippen molar-refractivity contribution in [1.82, 2.24) is 19.6 Å². The zero-order valence-electron chi connectivity index (χ0n) is 17.5. The highest BCUT2D eigenvalue weighted by Gasteiger charge is 2.38. The number of nitrogen functional groups attached to an aromatic ring is 1. The van der Waals surface area contributed by atoms with Crippen LogP contribution < -0.4 is 16.5 Å². The van der Waals surface area contributed by atoms with Gasteiger partial charge >= 0.3 is 11.7 Å². The molecule has 30 heavy (non-hydrogen) atoms. The van der Waals surface area contributed by atoms with E-state index in [9.17, 15) is 24.4 Å². The number of anilines is 1. The number of nitrogens with two attached hydrogens (primary N) is 1. The van der Waals surface area contributed by atoms with Crippen molar-refractivity contribution in [3.8, 4) is 0 Å². The van der Waals surface area contributed by atoms with Gasteiger partial charge in [-0.3, -0.25) is 13.9 Å². The van der Waals surface area contributed by atoms with Gasteiger partial charge in [-0.1, -0.05) is 0 Å². The summed E-state index contributed by atoms with van der Waals surface area (Å²) in [6.07, 6.45) is -0.874. The Morgan fingerprint density at radius 1 is 1.37 bits per heavy atom. The number of nitrogens with one attached hydrogen (secondary N) is 1. The Kier molecular flexibility index (Phi) is 8.12. The van der Waals surface area contributed by atoms with E-state index in [1.54, 1.807) is 13.8 Å². The summed E-state index contributed by atoms with van der Waals surface area (Å²) in [5.41, 5.74) is 4.73. The van der Waals surface area contributed by atoms with Gasteiger partial charge in [-0.2, -0.15) is 4.98 Å². The Labute approximate surface area is 174 Å². The fourth-order valence-corrected chi connectivity index (χ4v) is 4.66. The largest absolute Gasteiger partial charge is 0.462 e. The molecule has 5 N–H and O–H groups in total. The fourth-order valence-electron chi connectivity index (χ4n) is 3.30. The van der Waals surface area contributed by atoms with Crippen LogP contribution in [-0.4, -0.2) is 68.3 Å². The first-order valence-electron chi connectivity index (χ1n) is 9.66. The van der Waals surface area contributed by atoms with E-state index < -0.39 is 49.4 Å². The minimum absolute atomic E-state index is 0.00588. The summed E-state index contributed by atoms with van der Waals surface area (Å²) in [6, 6.07) is -1.54. The van der Waals surface area contributed by atoms with Crippen molar-refractivity contribution >= 4 is 19.4 Å². The maximum absolute atomic E-state index is 12.7. The van der Waals surface area contributed by atoms with Crippen LogP contribution in [0.5, 0.6) is 0 Å². The van der Waals surface area contributed by atoms with Gasteiger partial charge in [-0.25, -0.2) is 14.9 Å². The number of hydrogen-bond acceptors (Lipinski definition) is 10. The third-order valence-corrected chi connectivity index (χ3v) is 6.28. The number of hydrogen-bond donors (Lipinski definition) is 4. The summed E-state index contributed by atoms with van der Waals surface area (Å²) in [4.78, 5) is 31.3. The highest BCUT2D eigenvalue weighted by Crippen LogP contribution is 2.41. The molecule has 1 aliphatic carbocycles. The van der Waals surface area contributed by atoms with Crippen molar-refractivity contribution in [3.63, 3.8) is 0 Å². The van der Waals surface area contributed by atoms with E-state index in [-0.39, 0.29) is 31.5 Å². The van der Waals surface area contributed by atoms with Crippen LogP contribution in [0.3, 0.4) is 0 Å². The summed E-state index contributed by atoms with van der Waals surface area (Å²) in [7, 11) is -3.40. The highest BCUT2D eigenvalue weighted by molar-refractivity contribution is 7.56. The first kappa shape index (κ1) is 24.4. The van der Waals surface area contributed by atoms with Gasteiger partial charge < -0.3 is 25.2 Å². The van der Waals surface area contributed by atoms with E-state index in [1.165, 1.54) is 19.9 Å². The Balaban J connectivity index is 2.02. The van der Waals surface area contributed by atoms with Gasteiger partial charge in [0.1, 0.15) is 12.4 Å². The zero-order chi connectivity index (χ0) is 22.6. The van der Waals surface area contributed by atoms with Crippen molar-refractivity contribution < 1.29 is 28.8 Å². The normalized spacial score (nSPS) is 27.4. The number of esters is 1. The summed E-state index contributed by atoms with van der Waals surface area (Å²) in [6.45, 7) is 6.14. The first-order valence-corrected chi connectivity index (χ1v) is 11.7. The molecule has 1 aromatic heterocycles. The Hall–Kier alpha value is -1.85. The zero-order valence-corrected chi connectivity index (χ0v) is 18.4. The molecule has 1 heterocycles. The van der Waals surface area contributed by atoms with Crippen LogP contribution in [0, 0.1) is 5.92 Å². The molecule has 12 nitrogen and oxygen atoms in total. The summed E-state index contributed by atoms with van der Waals surface area (Å²) in [5.74, 6) is -1.25. The molecule has 0 bridgehead atoms. The predicted molar refractivity (Wildman–Crippen MR) is 108 cm³/mol. The molecule has 0 radical (unpaired) electrons. The second-order valence-corrected chi connectivity index (χ2v) is 10.0. The Bertz CT molecular complexity index is 848. The van der Waals surface area contributed by atoms with Crippen molar-refractivity contribution in [2.24, 2.45) is 5.92 Å². The van der Waals surface area contributed by atoms with Gasteiger partial charge in [0.05, 0.1) is 31.0 Å². The lowest BCUT2D eigenvalue weighted by Crippen LogP contribution is -2.44. The van der Waals surface area contributed by atoms with Crippen LogP contribution in [0.1, 0.15) is 39.7 Å². The molecule has 0 aliphatic heterocycles. The number of carbonyl (C=O) groups excluding carboxylic acids is 1. The molecule has 0 saturated heterocycles. The predicted octanol–water partition coefficient (Wildman–Crippen LogP) is -0.337. The van der Waals surface area contributed by atoms with Gasteiger partial charge in [-0.05, 0) is 27.2 Å². The molecule has 6 atom stereocenters. The standard InChI is InChI=1S/C17H30N5O7P/c1-9(2)29-15(25)10(3)21-30(4,27)28-7-11-5-12(14(24)6-13(11)23)22-8-19-16(18)20-17(22)26/h8-14,23-24H,5-7H2,1-4H3,(H,21,27)(H2,18,20,26)/t10-,11+,12+,13?,14-,30?/m0/s1. The van der Waals surface area contributed by atoms with E-state index in [4.69, 9.17) is 15.0 Å². The molecule has 170 valence electrons. The summed E-state index contributed by atoms with van der Waals surface area (Å²) in [5, 5.41) is 23.3. The average Bonchev–Trinajstić information content (AvgIpc) is 2.60. The smallest absolute Gasteiger partial charge is 0.352 e. The van der Waals surface area contributed by atoms with Crippen LogP contribution in [0.4, 0.5) is 5.95 Å². The Morgan fingerprint density at radius 3 is 2.63 bits per heavy atom. The van der Waals surface area contributed by atoms with Crippen molar-refractivity contribution in [2.75, 3.05) is 19.0 Å². The quantitative estimate of drug-likeness (QED) is 0.303. The van der Waals surface area contributed by atoms with Gasteiger partial charge in [0.25, 0.3) is 7.52 Å². The second kappa shape index (κ2) is 9.97. The number of aliphatic hydroxyl groups excluding tert-OH is 2. The van der Waals surface area contributed by atoms with Crippen LogP contribution in [0.2, 0.25) is 0 Å². The number of nitrogens with zero attached hydrogens (tertiary/aromatic N) is 3. The lowest BCUT2D eigenvalue weighted by atomic mass is 9.82. The SMILES string of the molecule is CC(C)OC(=O)[C@H](C)NP(C)(=O)OC[C@H]1C[C@@H](n2cnc(N)nc2=O)[C@@H](O)CC1O. The van der Waals surface area contributed by atoms with Gasteiger partial charge in [-0.15, -0.1) is 0 Å². The maximum atomic E-state index is 12.7. The minimum Gasteiger partial charge on any atom is -0.462 e. The molecular weight excluding hydrogens is 417 g/mol. The van der Waals surface area contributed by atoms with E-state index >= 15 is 0 Å². The molecule has 2 rings (SSSR count). The Morgan fingerprint density at radius 2 is 2.03 bits per heavy atom. The summed E-state index contributed by atoms with van der Waals surface area (Å²) >= 11 is 0.